The van der Waals surface area contributed by atoms with Crippen molar-refractivity contribution in [2.24, 2.45) is 4.99 Å². The summed E-state index contributed by atoms with van der Waals surface area (Å²) in [4.78, 5) is 19.2. The lowest BCUT2D eigenvalue weighted by Crippen LogP contribution is -2.01. The second-order valence-electron chi connectivity index (χ2n) is 7.89. The van der Waals surface area contributed by atoms with Crippen molar-refractivity contribution < 1.29 is 9.53 Å². The summed E-state index contributed by atoms with van der Waals surface area (Å²) in [5.74, 6) is 0.668. The molecule has 168 valence electrons. The van der Waals surface area contributed by atoms with Gasteiger partial charge in [0.1, 0.15) is 11.8 Å². The number of aryl methyl sites for hydroxylation is 4. The minimum Gasteiger partial charge on any atom is -0.470 e. The van der Waals surface area contributed by atoms with Crippen LogP contribution in [-0.4, -0.2) is 22.0 Å². The van der Waals surface area contributed by atoms with Crippen molar-refractivity contribution in [1.82, 2.24) is 9.38 Å². The van der Waals surface area contributed by atoms with Crippen molar-refractivity contribution in [3.05, 3.63) is 76.6 Å². The Hall–Kier alpha value is -3.41. The van der Waals surface area contributed by atoms with Crippen molar-refractivity contribution >= 4 is 24.0 Å². The first-order valence-electron chi connectivity index (χ1n) is 11.1. The highest BCUT2D eigenvalue weighted by molar-refractivity contribution is 5.72. The number of nitrogens with zero attached hydrogens (tertiary/aromatic N) is 3. The molecular weight excluding hydrogens is 400 g/mol. The van der Waals surface area contributed by atoms with Crippen LogP contribution in [-0.2, 0) is 16.0 Å². The molecule has 0 fully saturated rings. The molecule has 0 saturated heterocycles. The Morgan fingerprint density at radius 2 is 2.09 bits per heavy atom. The van der Waals surface area contributed by atoms with Crippen LogP contribution < -0.4 is 5.32 Å². The summed E-state index contributed by atoms with van der Waals surface area (Å²) in [7, 11) is 0. The van der Waals surface area contributed by atoms with E-state index in [9.17, 15) is 4.79 Å². The Kier molecular flexibility index (Phi) is 7.82. The molecule has 4 rings (SSSR count). The Morgan fingerprint density at radius 3 is 2.81 bits per heavy atom. The van der Waals surface area contributed by atoms with Gasteiger partial charge in [-0.05, 0) is 94.0 Å². The third-order valence-electron chi connectivity index (χ3n) is 5.43. The van der Waals surface area contributed by atoms with Crippen LogP contribution in [0, 0.1) is 20.8 Å². The number of fused-ring (bicyclic) bond motifs is 2. The van der Waals surface area contributed by atoms with Crippen molar-refractivity contribution in [3.8, 4) is 0 Å². The molecule has 32 heavy (non-hydrogen) atoms. The van der Waals surface area contributed by atoms with E-state index in [1.165, 1.54) is 16.8 Å². The lowest BCUT2D eigenvalue weighted by atomic mass is 10.1. The fourth-order valence-electron chi connectivity index (χ4n) is 3.94. The van der Waals surface area contributed by atoms with Crippen LogP contribution in [0.2, 0.25) is 0 Å². The number of anilines is 1. The first kappa shape index (κ1) is 23.3. The average Bonchev–Trinajstić information content (AvgIpc) is 3.33. The predicted molar refractivity (Wildman–Crippen MR) is 130 cm³/mol. The number of amides is 1. The van der Waals surface area contributed by atoms with Gasteiger partial charge in [0.15, 0.2) is 0 Å². The van der Waals surface area contributed by atoms with Crippen LogP contribution in [0.5, 0.6) is 0 Å². The standard InChI is InChI=1S/C16H20N2O2.C10H12N2/c1-3-5-16(17-4-2)20-15-9-7-12-6-8-13(18-11-19)10-14(12)15;1-7-4-5-12-9(3)6-8(2)11-10(7)12/h4-6,8,10-11,15H,3,7,9H2,1-2H3,(H,18,19);4-6H,1-3H3/b16-5+,17-4-;. The van der Waals surface area contributed by atoms with E-state index < -0.39 is 0 Å². The quantitative estimate of drug-likeness (QED) is 0.301. The SMILES string of the molecule is C/C=N\C(=C/CC)OC1CCc2ccc(NC=O)cc21.Cc1cc(C)n2ccc(C)c2n1. The van der Waals surface area contributed by atoms with Crippen LogP contribution in [0.4, 0.5) is 5.69 Å². The number of hydrogen-bond acceptors (Lipinski definition) is 4. The fourth-order valence-corrected chi connectivity index (χ4v) is 3.94. The Balaban J connectivity index is 0.000000204. The van der Waals surface area contributed by atoms with Gasteiger partial charge in [-0.15, -0.1) is 0 Å². The third-order valence-corrected chi connectivity index (χ3v) is 5.43. The molecule has 6 heteroatoms. The van der Waals surface area contributed by atoms with Crippen molar-refractivity contribution in [3.63, 3.8) is 0 Å². The molecule has 1 amide bonds. The van der Waals surface area contributed by atoms with Gasteiger partial charge >= 0.3 is 0 Å². The minimum atomic E-state index is 0.0138. The van der Waals surface area contributed by atoms with E-state index in [1.807, 2.05) is 32.1 Å². The van der Waals surface area contributed by atoms with Crippen LogP contribution in [0.25, 0.3) is 5.65 Å². The molecule has 1 aliphatic carbocycles. The molecule has 2 heterocycles. The normalized spacial score (nSPS) is 15.4. The van der Waals surface area contributed by atoms with Crippen molar-refractivity contribution in [1.29, 1.82) is 0 Å². The number of nitrogens with one attached hydrogen (secondary N) is 1. The maximum atomic E-state index is 10.5. The molecule has 0 saturated carbocycles. The van der Waals surface area contributed by atoms with E-state index in [4.69, 9.17) is 4.74 Å². The van der Waals surface area contributed by atoms with Crippen LogP contribution >= 0.6 is 0 Å². The van der Waals surface area contributed by atoms with Gasteiger partial charge in [0.2, 0.25) is 12.3 Å². The number of allylic oxidation sites excluding steroid dienone is 1. The van der Waals surface area contributed by atoms with Gasteiger partial charge in [-0.25, -0.2) is 9.98 Å². The molecule has 1 aliphatic rings. The third kappa shape index (κ3) is 5.44. The van der Waals surface area contributed by atoms with E-state index in [0.717, 1.165) is 41.9 Å². The number of benzene rings is 1. The lowest BCUT2D eigenvalue weighted by Gasteiger charge is -2.15. The molecular formula is C26H32N4O2. The number of aliphatic imine (C=N–C) groups is 1. The van der Waals surface area contributed by atoms with Gasteiger partial charge in [-0.3, -0.25) is 4.79 Å². The van der Waals surface area contributed by atoms with Gasteiger partial charge in [0.05, 0.1) is 0 Å². The van der Waals surface area contributed by atoms with E-state index >= 15 is 0 Å². The molecule has 0 bridgehead atoms. The molecule has 1 atom stereocenters. The number of rotatable bonds is 6. The molecule has 6 nitrogen and oxygen atoms in total. The maximum absolute atomic E-state index is 10.5. The zero-order valence-corrected chi connectivity index (χ0v) is 19.6. The topological polar surface area (TPSA) is 68.0 Å². The molecule has 1 N–H and O–H groups in total. The number of ether oxygens (including phenoxy) is 1. The van der Waals surface area contributed by atoms with E-state index in [0.29, 0.717) is 12.3 Å². The molecule has 1 aromatic carbocycles. The summed E-state index contributed by atoms with van der Waals surface area (Å²) in [6.45, 7) is 10.1. The Morgan fingerprint density at radius 1 is 1.28 bits per heavy atom. The van der Waals surface area contributed by atoms with E-state index in [2.05, 4.69) is 64.9 Å². The monoisotopic (exact) mass is 432 g/mol. The summed E-state index contributed by atoms with van der Waals surface area (Å²) in [5.41, 5.74) is 7.86. The second-order valence-corrected chi connectivity index (χ2v) is 7.89. The molecule has 0 spiro atoms. The summed E-state index contributed by atoms with van der Waals surface area (Å²) in [6.07, 6.45) is 9.31. The average molecular weight is 433 g/mol. The maximum Gasteiger partial charge on any atom is 0.211 e. The van der Waals surface area contributed by atoms with Crippen LogP contribution in [0.1, 0.15) is 60.9 Å². The highest BCUT2D eigenvalue weighted by Gasteiger charge is 2.24. The smallest absolute Gasteiger partial charge is 0.211 e. The lowest BCUT2D eigenvalue weighted by molar-refractivity contribution is -0.105. The van der Waals surface area contributed by atoms with Crippen molar-refractivity contribution in [2.75, 3.05) is 5.32 Å². The van der Waals surface area contributed by atoms with Crippen molar-refractivity contribution in [2.45, 2.75) is 60.0 Å². The Bertz CT molecular complexity index is 1140. The fraction of sp³-hybridized carbons (Fsp3) is 0.346. The minimum absolute atomic E-state index is 0.0138. The van der Waals surface area contributed by atoms with Gasteiger partial charge < -0.3 is 14.5 Å². The highest BCUT2D eigenvalue weighted by Crippen LogP contribution is 2.37. The van der Waals surface area contributed by atoms with Gasteiger partial charge in [0.25, 0.3) is 0 Å². The zero-order chi connectivity index (χ0) is 23.1. The summed E-state index contributed by atoms with van der Waals surface area (Å²) in [6, 6.07) is 10.1. The molecule has 0 radical (unpaired) electrons. The second kappa shape index (κ2) is 10.8. The first-order chi connectivity index (χ1) is 15.5. The largest absolute Gasteiger partial charge is 0.470 e. The van der Waals surface area contributed by atoms with E-state index in [-0.39, 0.29) is 6.10 Å². The highest BCUT2D eigenvalue weighted by atomic mass is 16.5. The number of hydrogen-bond donors (Lipinski definition) is 1. The molecule has 1 unspecified atom stereocenters. The molecule has 3 aromatic rings. The number of carbonyl (C=O) groups excluding carboxylic acids is 1. The van der Waals surface area contributed by atoms with Crippen LogP contribution in [0.15, 0.2) is 53.5 Å². The summed E-state index contributed by atoms with van der Waals surface area (Å²) >= 11 is 0. The molecule has 0 aliphatic heterocycles. The van der Waals surface area contributed by atoms with Crippen LogP contribution in [0.3, 0.4) is 0 Å². The summed E-state index contributed by atoms with van der Waals surface area (Å²) in [5, 5.41) is 2.68. The molecule has 2 aromatic heterocycles. The van der Waals surface area contributed by atoms with Gasteiger partial charge in [-0.2, -0.15) is 0 Å². The zero-order valence-electron chi connectivity index (χ0n) is 19.6. The first-order valence-corrected chi connectivity index (χ1v) is 11.1. The number of aromatic nitrogens is 2. The van der Waals surface area contributed by atoms with Gasteiger partial charge in [-0.1, -0.05) is 13.0 Å². The summed E-state index contributed by atoms with van der Waals surface area (Å²) < 4.78 is 8.11. The Labute approximate surface area is 190 Å². The predicted octanol–water partition coefficient (Wildman–Crippen LogP) is 5.86. The number of carbonyl (C=O) groups is 1. The van der Waals surface area contributed by atoms with Gasteiger partial charge in [0, 0.05) is 29.5 Å². The van der Waals surface area contributed by atoms with E-state index in [1.54, 1.807) is 6.21 Å².